The summed E-state index contributed by atoms with van der Waals surface area (Å²) in [7, 11) is -2.98. The molecule has 0 aliphatic heterocycles. The van der Waals surface area contributed by atoms with Gasteiger partial charge in [-0.05, 0) is 13.3 Å². The largest absolute Gasteiger partial charge is 1.00 e. The summed E-state index contributed by atoms with van der Waals surface area (Å²) in [5, 5.41) is 9.16. The van der Waals surface area contributed by atoms with Crippen molar-refractivity contribution >= 4 is 13.6 Å². The summed E-state index contributed by atoms with van der Waals surface area (Å²) in [6.45, 7) is 3.44. The summed E-state index contributed by atoms with van der Waals surface area (Å²) >= 11 is 0. The summed E-state index contributed by atoms with van der Waals surface area (Å²) in [6.07, 6.45) is 11.6. The van der Waals surface area contributed by atoms with Gasteiger partial charge in [0.25, 0.3) is 0 Å². The molecule has 0 radical (unpaired) electrons. The van der Waals surface area contributed by atoms with Crippen LogP contribution in [0.15, 0.2) is 0 Å². The van der Waals surface area contributed by atoms with Crippen LogP contribution in [0, 0.1) is 0 Å². The van der Waals surface area contributed by atoms with Crippen LogP contribution in [0.2, 0.25) is 0 Å². The number of aliphatic carboxylic acids is 1. The van der Waals surface area contributed by atoms with E-state index in [0.717, 1.165) is 19.3 Å². The molecule has 118 valence electrons. The summed E-state index contributed by atoms with van der Waals surface area (Å²) in [6, 6.07) is 0. The van der Waals surface area contributed by atoms with E-state index in [0.29, 0.717) is 6.42 Å². The van der Waals surface area contributed by atoms with Gasteiger partial charge in [-0.15, -0.1) is 0 Å². The summed E-state index contributed by atoms with van der Waals surface area (Å²) < 4.78 is 21.9. The van der Waals surface area contributed by atoms with Gasteiger partial charge in [-0.25, -0.2) is 9.13 Å². The molecule has 0 N–H and O–H groups in total. The maximum absolute atomic E-state index is 11.0. The van der Waals surface area contributed by atoms with E-state index >= 15 is 0 Å². The topological polar surface area (TPSA) is 74.3 Å². The van der Waals surface area contributed by atoms with Crippen LogP contribution in [0.3, 0.4) is 0 Å². The predicted octanol–water partition coefficient (Wildman–Crippen LogP) is 0.983. The van der Waals surface area contributed by atoms with Crippen LogP contribution in [0.5, 0.6) is 0 Å². The molecule has 0 heterocycles. The van der Waals surface area contributed by atoms with E-state index in [1.54, 1.807) is 0 Å². The first-order chi connectivity index (χ1) is 9.45. The average Bonchev–Trinajstić information content (AvgIpc) is 2.40. The number of carbonyl (C=O) groups is 1. The molecule has 0 aromatic carbocycles. The molecule has 0 amide bonds. The maximum atomic E-state index is 11.0. The molecular formula is C15H28NaO4P. The first-order valence-electron chi connectivity index (χ1n) is 7.81. The smallest absolute Gasteiger partial charge is 0.549 e. The van der Waals surface area contributed by atoms with Crippen molar-refractivity contribution in [1.82, 2.24) is 0 Å². The van der Waals surface area contributed by atoms with Crippen LogP contribution in [0.1, 0.15) is 84.5 Å². The quantitative estimate of drug-likeness (QED) is 0.287. The second-order valence-corrected chi connectivity index (χ2v) is 7.25. The van der Waals surface area contributed by atoms with Crippen molar-refractivity contribution in [3.63, 3.8) is 0 Å². The van der Waals surface area contributed by atoms with Crippen molar-refractivity contribution in [1.29, 1.82) is 0 Å². The fourth-order valence-corrected chi connectivity index (χ4v) is 2.71. The van der Waals surface area contributed by atoms with Crippen LogP contribution in [-0.2, 0) is 13.9 Å². The number of unbranched alkanes of at least 4 members (excludes halogenated alkanes) is 9. The molecule has 1 atom stereocenters. The third-order valence-corrected chi connectivity index (χ3v) is 5.07. The van der Waals surface area contributed by atoms with Crippen LogP contribution >= 0.6 is 7.68 Å². The number of carbonyl (C=O) groups excluding carboxylic acids is 1. The molecule has 0 bridgehead atoms. The first-order valence-corrected chi connectivity index (χ1v) is 8.99. The second kappa shape index (κ2) is 14.0. The maximum Gasteiger partial charge on any atom is 1.00 e. The Morgan fingerprint density at radius 3 is 1.62 bits per heavy atom. The van der Waals surface area contributed by atoms with Crippen molar-refractivity contribution in [2.75, 3.05) is 0 Å². The third kappa shape index (κ3) is 10.7. The molecule has 0 aliphatic carbocycles. The molecule has 1 unspecified atom stereocenters. The standard InChI is InChI=1S/C15H29O4P.Na/c1-3-4-5-6-7-8-9-10-11-12-13-15(2,14(16)17)20(18)19;/h3-13H2,1-2H3,(H,16,17);/q;+1/p-1. The number of carboxylic acids is 1. The molecule has 0 aromatic heterocycles. The molecule has 0 aromatic rings. The minimum atomic E-state index is -2.98. The molecule has 0 aliphatic rings. The monoisotopic (exact) mass is 326 g/mol. The van der Waals surface area contributed by atoms with Crippen molar-refractivity contribution in [2.24, 2.45) is 0 Å². The molecule has 21 heavy (non-hydrogen) atoms. The Hall–Kier alpha value is 0.370. The van der Waals surface area contributed by atoms with Gasteiger partial charge in [0.15, 0.2) is 0 Å². The fraction of sp³-hybridized carbons (Fsp3) is 0.933. The van der Waals surface area contributed by atoms with Gasteiger partial charge in [0.1, 0.15) is 5.16 Å². The Labute approximate surface area is 151 Å². The van der Waals surface area contributed by atoms with E-state index in [1.807, 2.05) is 0 Å². The van der Waals surface area contributed by atoms with Crippen molar-refractivity contribution in [2.45, 2.75) is 89.6 Å². The van der Waals surface area contributed by atoms with E-state index in [2.05, 4.69) is 6.92 Å². The van der Waals surface area contributed by atoms with Crippen LogP contribution in [0.4, 0.5) is 0 Å². The third-order valence-electron chi connectivity index (χ3n) is 3.86. The zero-order valence-electron chi connectivity index (χ0n) is 13.9. The van der Waals surface area contributed by atoms with Crippen LogP contribution in [0.25, 0.3) is 0 Å². The van der Waals surface area contributed by atoms with E-state index in [1.165, 1.54) is 45.4 Å². The van der Waals surface area contributed by atoms with Crippen LogP contribution < -0.4 is 34.7 Å². The number of hydrogen-bond acceptors (Lipinski definition) is 4. The minimum absolute atomic E-state index is 0. The van der Waals surface area contributed by atoms with Gasteiger partial charge in [-0.3, -0.25) is 0 Å². The van der Waals surface area contributed by atoms with Gasteiger partial charge in [-0.1, -0.05) is 71.1 Å². The predicted molar refractivity (Wildman–Crippen MR) is 78.2 cm³/mol. The van der Waals surface area contributed by atoms with E-state index in [9.17, 15) is 19.0 Å². The SMILES string of the molecule is CCCCCCCCCCCCC(C)(C(=O)[O-])P(=O)=O.[Na+]. The molecule has 0 saturated carbocycles. The molecule has 0 fully saturated rings. The average molecular weight is 326 g/mol. The summed E-state index contributed by atoms with van der Waals surface area (Å²) in [4.78, 5) is 10.9. The summed E-state index contributed by atoms with van der Waals surface area (Å²) in [5.74, 6) is -1.48. The van der Waals surface area contributed by atoms with Gasteiger partial charge in [-0.2, -0.15) is 0 Å². The normalized spacial score (nSPS) is 13.2. The molecule has 0 rings (SSSR count). The number of carboxylic acid groups (broad SMARTS) is 1. The molecule has 4 nitrogen and oxygen atoms in total. The van der Waals surface area contributed by atoms with Gasteiger partial charge >= 0.3 is 37.2 Å². The Balaban J connectivity index is 0. The van der Waals surface area contributed by atoms with E-state index in [4.69, 9.17) is 0 Å². The van der Waals surface area contributed by atoms with Crippen molar-refractivity contribution in [3.8, 4) is 0 Å². The first kappa shape index (κ1) is 23.6. The minimum Gasteiger partial charge on any atom is -0.549 e. The van der Waals surface area contributed by atoms with Crippen molar-refractivity contribution in [3.05, 3.63) is 0 Å². The summed E-state index contributed by atoms with van der Waals surface area (Å²) in [5.41, 5.74) is 0. The van der Waals surface area contributed by atoms with E-state index in [-0.39, 0.29) is 36.0 Å². The fourth-order valence-electron chi connectivity index (χ4n) is 2.22. The Morgan fingerprint density at radius 1 is 0.905 bits per heavy atom. The molecular weight excluding hydrogens is 298 g/mol. The van der Waals surface area contributed by atoms with Gasteiger partial charge in [0, 0.05) is 0 Å². The molecule has 0 saturated heterocycles. The number of rotatable bonds is 13. The molecule has 0 spiro atoms. The zero-order valence-corrected chi connectivity index (χ0v) is 16.8. The van der Waals surface area contributed by atoms with Gasteiger partial charge in [0.05, 0.1) is 5.97 Å². The molecule has 6 heteroatoms. The second-order valence-electron chi connectivity index (χ2n) is 5.75. The van der Waals surface area contributed by atoms with Crippen molar-refractivity contribution < 1.29 is 48.6 Å². The van der Waals surface area contributed by atoms with Crippen LogP contribution in [-0.4, -0.2) is 11.1 Å². The van der Waals surface area contributed by atoms with Gasteiger partial charge in [0.2, 0.25) is 0 Å². The Morgan fingerprint density at radius 2 is 1.29 bits per heavy atom. The Kier molecular flexibility index (Phi) is 15.7. The van der Waals surface area contributed by atoms with E-state index < -0.39 is 18.8 Å². The zero-order chi connectivity index (χ0) is 15.4. The van der Waals surface area contributed by atoms with Gasteiger partial charge < -0.3 is 9.90 Å². The Bertz CT molecular complexity index is 337. The number of hydrogen-bond donors (Lipinski definition) is 0.